The minimum Gasteiger partial charge on any atom is -0.342 e. The second-order valence-corrected chi connectivity index (χ2v) is 2.33. The van der Waals surface area contributed by atoms with E-state index in [1.54, 1.807) is 11.9 Å². The molecule has 1 rings (SSSR count). The molecular weight excluding hydrogens is 138 g/mol. The molecule has 1 fully saturated rings. The van der Waals surface area contributed by atoms with Gasteiger partial charge in [0.05, 0.1) is 0 Å². The number of carbonyl (C=O) groups excluding carboxylic acids is 1. The molecule has 2 nitrogen and oxygen atoms in total. The summed E-state index contributed by atoms with van der Waals surface area (Å²) >= 11 is 5.36. The van der Waals surface area contributed by atoms with Crippen LogP contribution in [0, 0.1) is 0 Å². The Morgan fingerprint density at radius 1 is 1.78 bits per heavy atom. The second kappa shape index (κ2) is 2.40. The molecule has 1 aliphatic heterocycles. The monoisotopic (exact) mass is 145 g/mol. The highest BCUT2D eigenvalue weighted by Crippen LogP contribution is 2.15. The van der Waals surface area contributed by atoms with Gasteiger partial charge in [0, 0.05) is 24.7 Å². The molecule has 3 heteroatoms. The van der Waals surface area contributed by atoms with Gasteiger partial charge in [0.2, 0.25) is 5.91 Å². The fourth-order valence-electron chi connectivity index (χ4n) is 0.843. The van der Waals surface area contributed by atoms with Crippen molar-refractivity contribution in [1.29, 1.82) is 0 Å². The van der Waals surface area contributed by atoms with Gasteiger partial charge in [-0.3, -0.25) is 4.79 Å². The van der Waals surface area contributed by atoms with E-state index in [0.717, 1.165) is 18.5 Å². The van der Waals surface area contributed by atoms with Crippen molar-refractivity contribution in [2.75, 3.05) is 13.6 Å². The molecular formula is C6H8ClNO. The molecule has 0 unspecified atom stereocenters. The third kappa shape index (κ3) is 1.08. The molecule has 0 spiro atoms. The molecule has 50 valence electrons. The lowest BCUT2D eigenvalue weighted by Gasteiger charge is -2.03. The standard InChI is InChI=1S/C6H8ClNO/c1-8-3-2-5(4-7)6(8)9/h4H,2-3H2,1H3/b5-4+. The van der Waals surface area contributed by atoms with E-state index in [1.807, 2.05) is 0 Å². The Labute approximate surface area is 59.1 Å². The van der Waals surface area contributed by atoms with Crippen LogP contribution in [-0.4, -0.2) is 24.4 Å². The van der Waals surface area contributed by atoms with Crippen molar-refractivity contribution >= 4 is 17.5 Å². The van der Waals surface area contributed by atoms with Crippen LogP contribution in [0.1, 0.15) is 6.42 Å². The number of nitrogens with zero attached hydrogens (tertiary/aromatic N) is 1. The second-order valence-electron chi connectivity index (χ2n) is 2.11. The Kier molecular flexibility index (Phi) is 1.76. The molecule has 1 heterocycles. The minimum atomic E-state index is 0.0602. The number of amides is 1. The molecule has 0 atom stereocenters. The summed E-state index contributed by atoms with van der Waals surface area (Å²) in [5.74, 6) is 0.0602. The summed E-state index contributed by atoms with van der Waals surface area (Å²) in [7, 11) is 1.77. The highest BCUT2D eigenvalue weighted by Gasteiger charge is 2.21. The van der Waals surface area contributed by atoms with Gasteiger partial charge < -0.3 is 4.90 Å². The Morgan fingerprint density at radius 2 is 2.44 bits per heavy atom. The molecule has 0 aromatic rings. The Hall–Kier alpha value is -0.500. The van der Waals surface area contributed by atoms with Gasteiger partial charge >= 0.3 is 0 Å². The number of halogens is 1. The van der Waals surface area contributed by atoms with Crippen molar-refractivity contribution in [3.8, 4) is 0 Å². The Bertz CT molecular complexity index is 164. The largest absolute Gasteiger partial charge is 0.342 e. The van der Waals surface area contributed by atoms with Crippen LogP contribution >= 0.6 is 11.6 Å². The van der Waals surface area contributed by atoms with Crippen molar-refractivity contribution in [2.24, 2.45) is 0 Å². The first-order chi connectivity index (χ1) is 4.25. The molecule has 1 aliphatic rings. The normalized spacial score (nSPS) is 24.0. The molecule has 9 heavy (non-hydrogen) atoms. The van der Waals surface area contributed by atoms with Gasteiger partial charge in [0.25, 0.3) is 0 Å². The van der Waals surface area contributed by atoms with Gasteiger partial charge in [-0.2, -0.15) is 0 Å². The zero-order valence-corrected chi connectivity index (χ0v) is 5.98. The zero-order valence-electron chi connectivity index (χ0n) is 5.22. The lowest BCUT2D eigenvalue weighted by molar-refractivity contribution is -0.123. The summed E-state index contributed by atoms with van der Waals surface area (Å²) < 4.78 is 0. The van der Waals surface area contributed by atoms with Crippen LogP contribution in [0.2, 0.25) is 0 Å². The van der Waals surface area contributed by atoms with E-state index in [9.17, 15) is 4.79 Å². The van der Waals surface area contributed by atoms with Crippen molar-refractivity contribution in [3.05, 3.63) is 11.1 Å². The van der Waals surface area contributed by atoms with Crippen molar-refractivity contribution in [1.82, 2.24) is 4.90 Å². The molecule has 1 saturated heterocycles. The van der Waals surface area contributed by atoms with Gasteiger partial charge in [0.15, 0.2) is 0 Å². The maximum Gasteiger partial charge on any atom is 0.250 e. The number of rotatable bonds is 0. The predicted octanol–water partition coefficient (Wildman–Crippen LogP) is 0.971. The Morgan fingerprint density at radius 3 is 2.67 bits per heavy atom. The lowest BCUT2D eigenvalue weighted by Crippen LogP contribution is -2.18. The molecule has 0 radical (unpaired) electrons. The highest BCUT2D eigenvalue weighted by atomic mass is 35.5. The summed E-state index contributed by atoms with van der Waals surface area (Å²) in [6.07, 6.45) is 0.791. The molecule has 0 saturated carbocycles. The SMILES string of the molecule is CN1CC/C(=C\Cl)C1=O. The van der Waals surface area contributed by atoms with E-state index in [1.165, 1.54) is 5.54 Å². The van der Waals surface area contributed by atoms with Gasteiger partial charge in [-0.15, -0.1) is 0 Å². The van der Waals surface area contributed by atoms with Gasteiger partial charge in [-0.25, -0.2) is 0 Å². The molecule has 0 N–H and O–H groups in total. The van der Waals surface area contributed by atoms with E-state index < -0.39 is 0 Å². The van der Waals surface area contributed by atoms with Crippen LogP contribution in [0.4, 0.5) is 0 Å². The van der Waals surface area contributed by atoms with Crippen LogP contribution in [0.25, 0.3) is 0 Å². The molecule has 0 aromatic heterocycles. The fourth-order valence-corrected chi connectivity index (χ4v) is 1.05. The molecule has 0 aromatic carbocycles. The average Bonchev–Trinajstić information content (AvgIpc) is 2.15. The van der Waals surface area contributed by atoms with Gasteiger partial charge in [-0.05, 0) is 6.42 Å². The summed E-state index contributed by atoms with van der Waals surface area (Å²) in [6.45, 7) is 0.803. The first kappa shape index (κ1) is 6.62. The lowest BCUT2D eigenvalue weighted by atomic mass is 10.3. The van der Waals surface area contributed by atoms with E-state index in [-0.39, 0.29) is 5.91 Å². The third-order valence-electron chi connectivity index (χ3n) is 1.47. The van der Waals surface area contributed by atoms with E-state index in [2.05, 4.69) is 0 Å². The smallest absolute Gasteiger partial charge is 0.250 e. The Balaban J connectivity index is 2.74. The van der Waals surface area contributed by atoms with Crippen LogP contribution in [0.5, 0.6) is 0 Å². The van der Waals surface area contributed by atoms with E-state index in [4.69, 9.17) is 11.6 Å². The topological polar surface area (TPSA) is 20.3 Å². The number of hydrogen-bond acceptors (Lipinski definition) is 1. The molecule has 0 bridgehead atoms. The van der Waals surface area contributed by atoms with Crippen LogP contribution in [0.3, 0.4) is 0 Å². The first-order valence-corrected chi connectivity index (χ1v) is 3.24. The summed E-state index contributed by atoms with van der Waals surface area (Å²) in [5.41, 5.74) is 2.09. The molecule has 1 amide bonds. The van der Waals surface area contributed by atoms with Crippen molar-refractivity contribution in [3.63, 3.8) is 0 Å². The van der Waals surface area contributed by atoms with E-state index >= 15 is 0 Å². The van der Waals surface area contributed by atoms with E-state index in [0.29, 0.717) is 0 Å². The quantitative estimate of drug-likeness (QED) is 0.466. The minimum absolute atomic E-state index is 0.0602. The average molecular weight is 146 g/mol. The summed E-state index contributed by atoms with van der Waals surface area (Å²) in [6, 6.07) is 0. The third-order valence-corrected chi connectivity index (χ3v) is 1.73. The van der Waals surface area contributed by atoms with Crippen LogP contribution in [0.15, 0.2) is 11.1 Å². The first-order valence-electron chi connectivity index (χ1n) is 2.80. The van der Waals surface area contributed by atoms with Crippen LogP contribution in [-0.2, 0) is 4.79 Å². The van der Waals surface area contributed by atoms with Gasteiger partial charge in [0.1, 0.15) is 0 Å². The highest BCUT2D eigenvalue weighted by molar-refractivity contribution is 6.27. The van der Waals surface area contributed by atoms with Crippen molar-refractivity contribution in [2.45, 2.75) is 6.42 Å². The summed E-state index contributed by atoms with van der Waals surface area (Å²) in [5, 5.41) is 0. The maximum absolute atomic E-state index is 10.9. The number of likely N-dealkylation sites (tertiary alicyclic amines) is 1. The van der Waals surface area contributed by atoms with Crippen LogP contribution < -0.4 is 0 Å². The number of carbonyl (C=O) groups is 1. The zero-order chi connectivity index (χ0) is 6.85. The molecule has 0 aliphatic carbocycles. The van der Waals surface area contributed by atoms with Gasteiger partial charge in [-0.1, -0.05) is 11.6 Å². The maximum atomic E-state index is 10.9. The predicted molar refractivity (Wildman–Crippen MR) is 36.2 cm³/mol. The number of hydrogen-bond donors (Lipinski definition) is 0. The number of likely N-dealkylation sites (N-methyl/N-ethyl adjacent to an activating group) is 1. The van der Waals surface area contributed by atoms with Crippen molar-refractivity contribution < 1.29 is 4.79 Å². The fraction of sp³-hybridized carbons (Fsp3) is 0.500. The summed E-state index contributed by atoms with van der Waals surface area (Å²) in [4.78, 5) is 12.6.